The molecule has 3 aromatic rings. The number of carboxylic acids is 1. The minimum Gasteiger partial charge on any atom is -0.478 e. The quantitative estimate of drug-likeness (QED) is 0.803. The van der Waals surface area contributed by atoms with E-state index in [9.17, 15) is 13.6 Å². The molecule has 3 rings (SSSR count). The summed E-state index contributed by atoms with van der Waals surface area (Å²) in [4.78, 5) is 10.8. The average Bonchev–Trinajstić information content (AvgIpc) is 2.99. The summed E-state index contributed by atoms with van der Waals surface area (Å²) in [5.74, 6) is -2.86. The molecule has 0 radical (unpaired) electrons. The average molecular weight is 315 g/mol. The first-order valence-electron chi connectivity index (χ1n) is 6.71. The summed E-state index contributed by atoms with van der Waals surface area (Å²) in [7, 11) is 0. The van der Waals surface area contributed by atoms with E-state index in [2.05, 4.69) is 10.3 Å². The van der Waals surface area contributed by atoms with Gasteiger partial charge >= 0.3 is 5.97 Å². The summed E-state index contributed by atoms with van der Waals surface area (Å²) in [6.07, 6.45) is 1.46. The number of nitrogens with zero attached hydrogens (tertiary/aromatic N) is 3. The van der Waals surface area contributed by atoms with Crippen LogP contribution in [0.4, 0.5) is 8.78 Å². The normalized spacial score (nSPS) is 10.7. The highest BCUT2D eigenvalue weighted by atomic mass is 19.2. The van der Waals surface area contributed by atoms with E-state index < -0.39 is 17.6 Å². The zero-order valence-corrected chi connectivity index (χ0v) is 11.8. The lowest BCUT2D eigenvalue weighted by Gasteiger charge is -2.07. The van der Waals surface area contributed by atoms with Crippen molar-refractivity contribution in [2.24, 2.45) is 0 Å². The summed E-state index contributed by atoms with van der Waals surface area (Å²) in [6.45, 7) is 0.328. The van der Waals surface area contributed by atoms with E-state index >= 15 is 0 Å². The van der Waals surface area contributed by atoms with E-state index in [4.69, 9.17) is 5.11 Å². The lowest BCUT2D eigenvalue weighted by atomic mass is 10.1. The van der Waals surface area contributed by atoms with Gasteiger partial charge in [0.05, 0.1) is 24.0 Å². The predicted octanol–water partition coefficient (Wildman–Crippen LogP) is 2.97. The van der Waals surface area contributed by atoms with Crippen LogP contribution >= 0.6 is 0 Å². The maximum Gasteiger partial charge on any atom is 0.335 e. The zero-order chi connectivity index (χ0) is 16.4. The fraction of sp³-hybridized carbons (Fsp3) is 0.0625. The second-order valence-electron chi connectivity index (χ2n) is 4.91. The monoisotopic (exact) mass is 315 g/mol. The van der Waals surface area contributed by atoms with Crippen LogP contribution in [0.25, 0.3) is 11.3 Å². The molecule has 0 amide bonds. The van der Waals surface area contributed by atoms with Gasteiger partial charge in [-0.05, 0) is 35.9 Å². The van der Waals surface area contributed by atoms with E-state index in [1.165, 1.54) is 29.1 Å². The van der Waals surface area contributed by atoms with Crippen LogP contribution in [0.3, 0.4) is 0 Å². The first-order valence-corrected chi connectivity index (χ1v) is 6.71. The molecule has 5 nitrogen and oxygen atoms in total. The van der Waals surface area contributed by atoms with Gasteiger partial charge in [0.15, 0.2) is 11.6 Å². The second-order valence-corrected chi connectivity index (χ2v) is 4.91. The van der Waals surface area contributed by atoms with Crippen molar-refractivity contribution in [1.82, 2.24) is 15.0 Å². The second kappa shape index (κ2) is 5.96. The standard InChI is InChI=1S/C16H11F2N3O2/c17-13-6-5-12(7-14(13)18)15-8-19-20-21(15)9-10-1-3-11(4-2-10)16(22)23/h1-8H,9H2,(H,22,23). The SMILES string of the molecule is O=C(O)c1ccc(Cn2nncc2-c2ccc(F)c(F)c2)cc1. The Labute approximate surface area is 129 Å². The van der Waals surface area contributed by atoms with Crippen molar-refractivity contribution in [3.63, 3.8) is 0 Å². The van der Waals surface area contributed by atoms with Gasteiger partial charge in [0.2, 0.25) is 0 Å². The van der Waals surface area contributed by atoms with Crippen molar-refractivity contribution in [2.45, 2.75) is 6.54 Å². The topological polar surface area (TPSA) is 68.0 Å². The maximum atomic E-state index is 13.4. The van der Waals surface area contributed by atoms with Crippen LogP contribution in [-0.2, 0) is 6.54 Å². The van der Waals surface area contributed by atoms with Crippen LogP contribution in [0.1, 0.15) is 15.9 Å². The Morgan fingerprint density at radius 2 is 1.83 bits per heavy atom. The highest BCUT2D eigenvalue weighted by Gasteiger charge is 2.11. The Bertz CT molecular complexity index is 860. The van der Waals surface area contributed by atoms with E-state index in [1.807, 2.05) is 0 Å². The molecule has 2 aromatic carbocycles. The third kappa shape index (κ3) is 3.08. The van der Waals surface area contributed by atoms with Crippen molar-refractivity contribution in [1.29, 1.82) is 0 Å². The molecule has 1 N–H and O–H groups in total. The molecule has 7 heteroatoms. The Morgan fingerprint density at radius 1 is 1.09 bits per heavy atom. The number of rotatable bonds is 4. The highest BCUT2D eigenvalue weighted by molar-refractivity contribution is 5.87. The minimum absolute atomic E-state index is 0.188. The number of halogens is 2. The molecule has 1 aromatic heterocycles. The maximum absolute atomic E-state index is 13.4. The van der Waals surface area contributed by atoms with Gasteiger partial charge < -0.3 is 5.11 Å². The van der Waals surface area contributed by atoms with Crippen molar-refractivity contribution >= 4 is 5.97 Å². The van der Waals surface area contributed by atoms with Crippen LogP contribution in [0.15, 0.2) is 48.7 Å². The van der Waals surface area contributed by atoms with Gasteiger partial charge in [-0.1, -0.05) is 17.3 Å². The summed E-state index contributed by atoms with van der Waals surface area (Å²) in [5, 5.41) is 16.6. The number of benzene rings is 2. The van der Waals surface area contributed by atoms with Crippen LogP contribution in [0.5, 0.6) is 0 Å². The van der Waals surface area contributed by atoms with Crippen molar-refractivity contribution in [3.05, 3.63) is 71.4 Å². The third-order valence-electron chi connectivity index (χ3n) is 3.37. The number of aromatic carboxylic acids is 1. The third-order valence-corrected chi connectivity index (χ3v) is 3.37. The molecule has 0 spiro atoms. The number of carbonyl (C=O) groups is 1. The van der Waals surface area contributed by atoms with Crippen molar-refractivity contribution in [3.8, 4) is 11.3 Å². The molecule has 0 atom stereocenters. The summed E-state index contributed by atoms with van der Waals surface area (Å²) in [6, 6.07) is 9.89. The van der Waals surface area contributed by atoms with Crippen LogP contribution in [0.2, 0.25) is 0 Å². The molecule has 116 valence electrons. The zero-order valence-electron chi connectivity index (χ0n) is 11.8. The Kier molecular flexibility index (Phi) is 3.84. The lowest BCUT2D eigenvalue weighted by Crippen LogP contribution is -2.05. The predicted molar refractivity (Wildman–Crippen MR) is 77.9 cm³/mol. The van der Waals surface area contributed by atoms with Crippen molar-refractivity contribution in [2.75, 3.05) is 0 Å². The largest absolute Gasteiger partial charge is 0.478 e. The molecular formula is C16H11F2N3O2. The number of hydrogen-bond acceptors (Lipinski definition) is 3. The molecule has 0 saturated heterocycles. The Balaban J connectivity index is 1.88. The number of aromatic nitrogens is 3. The fourth-order valence-electron chi connectivity index (χ4n) is 2.18. The number of hydrogen-bond donors (Lipinski definition) is 1. The first kappa shape index (κ1) is 14.8. The molecule has 0 aliphatic rings. The molecule has 1 heterocycles. The Morgan fingerprint density at radius 3 is 2.48 bits per heavy atom. The molecular weight excluding hydrogens is 304 g/mol. The Hall–Kier alpha value is -3.09. The van der Waals surface area contributed by atoms with Gasteiger partial charge in [-0.2, -0.15) is 0 Å². The van der Waals surface area contributed by atoms with Gasteiger partial charge in [0.1, 0.15) is 0 Å². The molecule has 0 saturated carbocycles. The van der Waals surface area contributed by atoms with Gasteiger partial charge in [0.25, 0.3) is 0 Å². The van der Waals surface area contributed by atoms with Gasteiger partial charge in [0, 0.05) is 5.56 Å². The minimum atomic E-state index is -1.00. The first-order chi connectivity index (χ1) is 11.0. The summed E-state index contributed by atoms with van der Waals surface area (Å²) >= 11 is 0. The van der Waals surface area contributed by atoms with Gasteiger partial charge in [-0.25, -0.2) is 18.3 Å². The smallest absolute Gasteiger partial charge is 0.335 e. The van der Waals surface area contributed by atoms with Crippen LogP contribution < -0.4 is 0 Å². The van der Waals surface area contributed by atoms with E-state index in [0.29, 0.717) is 17.8 Å². The molecule has 0 aliphatic heterocycles. The van der Waals surface area contributed by atoms with Gasteiger partial charge in [-0.3, -0.25) is 0 Å². The molecule has 0 bridgehead atoms. The highest BCUT2D eigenvalue weighted by Crippen LogP contribution is 2.21. The van der Waals surface area contributed by atoms with E-state index in [-0.39, 0.29) is 5.56 Å². The fourth-order valence-corrected chi connectivity index (χ4v) is 2.18. The molecule has 0 unspecified atom stereocenters. The van der Waals surface area contributed by atoms with Gasteiger partial charge in [-0.15, -0.1) is 5.10 Å². The van der Waals surface area contributed by atoms with Crippen LogP contribution in [0, 0.1) is 11.6 Å². The van der Waals surface area contributed by atoms with E-state index in [0.717, 1.165) is 17.7 Å². The lowest BCUT2D eigenvalue weighted by molar-refractivity contribution is 0.0697. The molecule has 0 aliphatic carbocycles. The number of carboxylic acid groups (broad SMARTS) is 1. The molecule has 0 fully saturated rings. The molecule has 23 heavy (non-hydrogen) atoms. The summed E-state index contributed by atoms with van der Waals surface area (Å²) < 4.78 is 27.9. The van der Waals surface area contributed by atoms with Crippen molar-refractivity contribution < 1.29 is 18.7 Å². The summed E-state index contributed by atoms with van der Waals surface area (Å²) in [5.41, 5.74) is 1.99. The van der Waals surface area contributed by atoms with E-state index in [1.54, 1.807) is 12.1 Å². The van der Waals surface area contributed by atoms with Crippen LogP contribution in [-0.4, -0.2) is 26.1 Å².